The molecule has 4 heteroatoms. The first kappa shape index (κ1) is 28.8. The van der Waals surface area contributed by atoms with Crippen molar-refractivity contribution in [2.24, 2.45) is 0 Å². The van der Waals surface area contributed by atoms with E-state index in [1.165, 1.54) is 44.8 Å². The number of benzene rings is 2. The molecule has 0 radical (unpaired) electrons. The number of unbranched alkanes of at least 4 members (excludes halogenated alkanes) is 1. The quantitative estimate of drug-likeness (QED) is 0.155. The Kier molecular flexibility index (Phi) is 9.91. The molecule has 4 rings (SSSR count). The molecule has 0 aliphatic heterocycles. The fraction of sp³-hybridized carbons (Fsp3) is 0.278. The molecule has 0 fully saturated rings. The van der Waals surface area contributed by atoms with Crippen LogP contribution in [0.2, 0.25) is 0 Å². The average Bonchev–Trinajstić information content (AvgIpc) is 2.95. The standard InChI is InChI=1S/C36H44N4/c1-29-27-39(25-21-33(29)15-9-31-11-17-35(18-12-31)37(3)4)23-7-8-24-40-26-22-34(30(2)28-40)16-10-32-13-19-36(20-14-32)38(5)6/h9-22,25-28H,7-8,23-24H2,1-6H3/q+2. The Morgan fingerprint density at radius 1 is 0.525 bits per heavy atom. The van der Waals surface area contributed by atoms with Gasteiger partial charge >= 0.3 is 0 Å². The van der Waals surface area contributed by atoms with E-state index in [0.717, 1.165) is 25.9 Å². The lowest BCUT2D eigenvalue weighted by Crippen LogP contribution is -2.36. The predicted octanol–water partition coefficient (Wildman–Crippen LogP) is 6.83. The lowest BCUT2D eigenvalue weighted by Gasteiger charge is -2.11. The molecule has 40 heavy (non-hydrogen) atoms. The lowest BCUT2D eigenvalue weighted by atomic mass is 10.1. The summed E-state index contributed by atoms with van der Waals surface area (Å²) < 4.78 is 4.63. The van der Waals surface area contributed by atoms with Crippen molar-refractivity contribution in [1.82, 2.24) is 0 Å². The minimum atomic E-state index is 1.03. The fourth-order valence-electron chi connectivity index (χ4n) is 4.73. The van der Waals surface area contributed by atoms with Gasteiger partial charge in [-0.2, -0.15) is 0 Å². The normalized spacial score (nSPS) is 11.4. The maximum atomic E-state index is 2.31. The highest BCUT2D eigenvalue weighted by Gasteiger charge is 2.08. The molecular formula is C36H44N4+2. The summed E-state index contributed by atoms with van der Waals surface area (Å²) in [6, 6.07) is 21.7. The zero-order valence-corrected chi connectivity index (χ0v) is 25.0. The van der Waals surface area contributed by atoms with Crippen LogP contribution < -0.4 is 18.9 Å². The van der Waals surface area contributed by atoms with Crippen LogP contribution >= 0.6 is 0 Å². The topological polar surface area (TPSA) is 14.2 Å². The maximum Gasteiger partial charge on any atom is 0.172 e. The summed E-state index contributed by atoms with van der Waals surface area (Å²) in [6.45, 7) is 6.45. The fourth-order valence-corrected chi connectivity index (χ4v) is 4.73. The molecule has 0 N–H and O–H groups in total. The molecule has 4 aromatic rings. The summed E-state index contributed by atoms with van der Waals surface area (Å²) in [4.78, 5) is 4.24. The monoisotopic (exact) mass is 532 g/mol. The van der Waals surface area contributed by atoms with Crippen LogP contribution in [0.25, 0.3) is 24.3 Å². The molecule has 4 nitrogen and oxygen atoms in total. The Bertz CT molecular complexity index is 1330. The number of hydrogen-bond donors (Lipinski definition) is 0. The van der Waals surface area contributed by atoms with Crippen LogP contribution in [0.1, 0.15) is 46.2 Å². The van der Waals surface area contributed by atoms with Crippen molar-refractivity contribution >= 4 is 35.7 Å². The van der Waals surface area contributed by atoms with E-state index in [0.29, 0.717) is 0 Å². The van der Waals surface area contributed by atoms with Crippen molar-refractivity contribution in [2.45, 2.75) is 39.8 Å². The average molecular weight is 533 g/mol. The van der Waals surface area contributed by atoms with E-state index in [-0.39, 0.29) is 0 Å². The zero-order chi connectivity index (χ0) is 28.5. The largest absolute Gasteiger partial charge is 0.378 e. The van der Waals surface area contributed by atoms with Gasteiger partial charge in [0.1, 0.15) is 13.1 Å². The minimum Gasteiger partial charge on any atom is -0.378 e. The zero-order valence-electron chi connectivity index (χ0n) is 25.0. The van der Waals surface area contributed by atoms with Gasteiger partial charge in [-0.3, -0.25) is 0 Å². The summed E-state index contributed by atoms with van der Waals surface area (Å²) in [7, 11) is 8.27. The third kappa shape index (κ3) is 8.16. The van der Waals surface area contributed by atoms with Crippen molar-refractivity contribution < 1.29 is 9.13 Å². The van der Waals surface area contributed by atoms with Crippen LogP contribution in [0.5, 0.6) is 0 Å². The molecule has 206 valence electrons. The number of aromatic nitrogens is 2. The van der Waals surface area contributed by atoms with Gasteiger partial charge in [0.05, 0.1) is 0 Å². The van der Waals surface area contributed by atoms with Gasteiger partial charge < -0.3 is 9.80 Å². The van der Waals surface area contributed by atoms with Gasteiger partial charge in [0.2, 0.25) is 0 Å². The molecule has 0 amide bonds. The van der Waals surface area contributed by atoms with Gasteiger partial charge in [-0.1, -0.05) is 48.6 Å². The van der Waals surface area contributed by atoms with Gasteiger partial charge in [0.25, 0.3) is 0 Å². The lowest BCUT2D eigenvalue weighted by molar-refractivity contribution is -0.708. The van der Waals surface area contributed by atoms with Crippen molar-refractivity contribution in [2.75, 3.05) is 38.0 Å². The SMILES string of the molecule is Cc1c[n+](CCCC[n+]2ccc(/C=C/c3ccc(N(C)C)cc3)c(C)c2)ccc1/C=C/c1ccc(N(C)C)cc1. The number of rotatable bonds is 11. The molecule has 0 spiro atoms. The van der Waals surface area contributed by atoms with Crippen molar-refractivity contribution in [3.05, 3.63) is 119 Å². The Morgan fingerprint density at radius 2 is 0.900 bits per heavy atom. The number of hydrogen-bond acceptors (Lipinski definition) is 2. The number of aryl methyl sites for hydroxylation is 4. The highest BCUT2D eigenvalue weighted by atomic mass is 15.1. The van der Waals surface area contributed by atoms with Crippen molar-refractivity contribution in [3.63, 3.8) is 0 Å². The highest BCUT2D eigenvalue weighted by Crippen LogP contribution is 2.17. The highest BCUT2D eigenvalue weighted by molar-refractivity contribution is 5.72. The summed E-state index contributed by atoms with van der Waals surface area (Å²) in [5.41, 5.74) is 9.99. The van der Waals surface area contributed by atoms with Crippen LogP contribution in [0.4, 0.5) is 11.4 Å². The molecule has 0 unspecified atom stereocenters. The molecule has 2 heterocycles. The Labute approximate surface area is 241 Å². The van der Waals surface area contributed by atoms with Crippen LogP contribution in [-0.2, 0) is 13.1 Å². The Balaban J connectivity index is 1.25. The number of anilines is 2. The van der Waals surface area contributed by atoms with Crippen molar-refractivity contribution in [3.8, 4) is 0 Å². The Morgan fingerprint density at radius 3 is 1.23 bits per heavy atom. The van der Waals surface area contributed by atoms with Gasteiger partial charge in [-0.15, -0.1) is 0 Å². The first-order valence-electron chi connectivity index (χ1n) is 14.2. The smallest absolute Gasteiger partial charge is 0.172 e. The van der Waals surface area contributed by atoms with Gasteiger partial charge in [0, 0.05) is 75.7 Å². The molecular weight excluding hydrogens is 488 g/mol. The van der Waals surface area contributed by atoms with Crippen molar-refractivity contribution in [1.29, 1.82) is 0 Å². The first-order chi connectivity index (χ1) is 19.3. The maximum absolute atomic E-state index is 2.31. The second kappa shape index (κ2) is 13.7. The van der Waals surface area contributed by atoms with Gasteiger partial charge in [0.15, 0.2) is 24.8 Å². The Hall–Kier alpha value is -4.18. The third-order valence-corrected chi connectivity index (χ3v) is 7.33. The van der Waals surface area contributed by atoms with Crippen LogP contribution in [0.15, 0.2) is 85.5 Å². The molecule has 0 saturated heterocycles. The molecule has 0 saturated carbocycles. The van der Waals surface area contributed by atoms with Crippen LogP contribution in [0, 0.1) is 13.8 Å². The van der Waals surface area contributed by atoms with E-state index >= 15 is 0 Å². The van der Waals surface area contributed by atoms with E-state index in [9.17, 15) is 0 Å². The molecule has 2 aromatic carbocycles. The summed E-state index contributed by atoms with van der Waals surface area (Å²) >= 11 is 0. The van der Waals surface area contributed by atoms with Crippen LogP contribution in [0.3, 0.4) is 0 Å². The van der Waals surface area contributed by atoms with E-state index in [1.807, 2.05) is 0 Å². The molecule has 0 atom stereocenters. The third-order valence-electron chi connectivity index (χ3n) is 7.33. The molecule has 2 aromatic heterocycles. The summed E-state index contributed by atoms with van der Waals surface area (Å²) in [6.07, 6.45) is 20.0. The summed E-state index contributed by atoms with van der Waals surface area (Å²) in [5, 5.41) is 0. The molecule has 0 aliphatic carbocycles. The minimum absolute atomic E-state index is 1.03. The van der Waals surface area contributed by atoms with Crippen LogP contribution in [-0.4, -0.2) is 28.2 Å². The van der Waals surface area contributed by atoms with E-state index in [4.69, 9.17) is 0 Å². The first-order valence-corrected chi connectivity index (χ1v) is 14.2. The van der Waals surface area contributed by atoms with E-state index in [1.54, 1.807) is 0 Å². The second-order valence-electron chi connectivity index (χ2n) is 11.0. The number of nitrogens with zero attached hydrogens (tertiary/aromatic N) is 4. The van der Waals surface area contributed by atoms with E-state index < -0.39 is 0 Å². The van der Waals surface area contributed by atoms with E-state index in [2.05, 4.69) is 171 Å². The second-order valence-corrected chi connectivity index (χ2v) is 11.0. The molecule has 0 aliphatic rings. The van der Waals surface area contributed by atoms with Gasteiger partial charge in [-0.05, 0) is 60.4 Å². The summed E-state index contributed by atoms with van der Waals surface area (Å²) in [5.74, 6) is 0. The van der Waals surface area contributed by atoms with Gasteiger partial charge in [-0.25, -0.2) is 9.13 Å². The molecule has 0 bridgehead atoms. The predicted molar refractivity (Wildman–Crippen MR) is 171 cm³/mol. The number of pyridine rings is 2.